The fourth-order valence-electron chi connectivity index (χ4n) is 10.7. The maximum Gasteiger partial charge on any atom is 0.331 e. The zero-order valence-corrected chi connectivity index (χ0v) is 27.2. The Balaban J connectivity index is 1.06. The first kappa shape index (κ1) is 33.2. The Morgan fingerprint density at radius 1 is 1.07 bits per heavy atom. The molecule has 1 saturated heterocycles. The molecule has 5 fully saturated rings. The van der Waals surface area contributed by atoms with Crippen molar-refractivity contribution in [1.29, 1.82) is 0 Å². The molecule has 2 unspecified atom stereocenters. The van der Waals surface area contributed by atoms with Gasteiger partial charge in [-0.05, 0) is 106 Å². The Hall–Kier alpha value is -1.69. The summed E-state index contributed by atoms with van der Waals surface area (Å²) in [5, 5.41) is 23.5. The van der Waals surface area contributed by atoms with Crippen molar-refractivity contribution in [2.75, 3.05) is 6.61 Å². The van der Waals surface area contributed by atoms with E-state index in [0.717, 1.165) is 63.4 Å². The number of aldehydes is 2. The van der Waals surface area contributed by atoms with Crippen molar-refractivity contribution in [3.63, 3.8) is 0 Å². The number of ether oxygens (including phenoxy) is 5. The van der Waals surface area contributed by atoms with Gasteiger partial charge in [-0.15, -0.1) is 0 Å². The van der Waals surface area contributed by atoms with Crippen molar-refractivity contribution >= 4 is 18.5 Å². The van der Waals surface area contributed by atoms with Gasteiger partial charge in [0.2, 0.25) is 0 Å². The Kier molecular flexibility index (Phi) is 9.40. The van der Waals surface area contributed by atoms with Gasteiger partial charge < -0.3 is 43.5 Å². The van der Waals surface area contributed by atoms with Crippen molar-refractivity contribution in [3.8, 4) is 0 Å². The maximum absolute atomic E-state index is 12.5. The van der Waals surface area contributed by atoms with Gasteiger partial charge in [-0.1, -0.05) is 13.8 Å². The van der Waals surface area contributed by atoms with Crippen LogP contribution in [0.2, 0.25) is 0 Å². The third-order valence-electron chi connectivity index (χ3n) is 13.1. The molecule has 2 N–H and O–H groups in total. The summed E-state index contributed by atoms with van der Waals surface area (Å²) >= 11 is 0. The van der Waals surface area contributed by atoms with Crippen LogP contribution in [0, 0.1) is 34.5 Å². The summed E-state index contributed by atoms with van der Waals surface area (Å²) in [5.41, 5.74) is 0.241. The highest BCUT2D eigenvalue weighted by atomic mass is 16.7. The van der Waals surface area contributed by atoms with E-state index in [-0.39, 0.29) is 47.6 Å². The summed E-state index contributed by atoms with van der Waals surface area (Å²) in [7, 11) is 0. The van der Waals surface area contributed by atoms with E-state index in [9.17, 15) is 24.6 Å². The van der Waals surface area contributed by atoms with Crippen LogP contribution < -0.4 is 0 Å². The van der Waals surface area contributed by atoms with E-state index in [2.05, 4.69) is 13.8 Å². The average Bonchev–Trinajstić information content (AvgIpc) is 3.54. The Morgan fingerprint density at radius 2 is 1.87 bits per heavy atom. The summed E-state index contributed by atoms with van der Waals surface area (Å²) in [5.74, 6) is 1.16. The number of esters is 1. The van der Waals surface area contributed by atoms with Crippen molar-refractivity contribution in [2.45, 2.75) is 147 Å². The molecular formula is C35H52O10. The number of hydrogen-bond donors (Lipinski definition) is 2. The van der Waals surface area contributed by atoms with E-state index >= 15 is 0 Å². The average molecular weight is 633 g/mol. The lowest BCUT2D eigenvalue weighted by atomic mass is 9.43. The number of carbonyl (C=O) groups excluding carboxylic acids is 3. The van der Waals surface area contributed by atoms with Crippen LogP contribution in [0.4, 0.5) is 0 Å². The molecule has 0 aromatic heterocycles. The number of aliphatic hydroxyl groups is 2. The highest BCUT2D eigenvalue weighted by Gasteiger charge is 2.67. The van der Waals surface area contributed by atoms with Gasteiger partial charge in [0.15, 0.2) is 12.6 Å². The molecule has 10 heteroatoms. The second-order valence-corrected chi connectivity index (χ2v) is 15.3. The van der Waals surface area contributed by atoms with Gasteiger partial charge in [-0.3, -0.25) is 0 Å². The van der Waals surface area contributed by atoms with Gasteiger partial charge in [0.25, 0.3) is 0 Å². The minimum Gasteiger partial charge on any atom is -0.458 e. The monoisotopic (exact) mass is 632 g/mol. The van der Waals surface area contributed by atoms with E-state index in [1.165, 1.54) is 0 Å². The van der Waals surface area contributed by atoms with Gasteiger partial charge >= 0.3 is 5.97 Å². The molecule has 0 radical (unpaired) electrons. The highest BCUT2D eigenvalue weighted by Crippen LogP contribution is 2.70. The molecule has 2 heterocycles. The first-order valence-corrected chi connectivity index (χ1v) is 17.2. The van der Waals surface area contributed by atoms with Crippen LogP contribution in [0.5, 0.6) is 0 Å². The molecule has 0 spiro atoms. The summed E-state index contributed by atoms with van der Waals surface area (Å²) < 4.78 is 29.3. The van der Waals surface area contributed by atoms with Crippen molar-refractivity contribution in [3.05, 3.63) is 11.6 Å². The minimum atomic E-state index is -0.944. The first-order chi connectivity index (χ1) is 21.4. The predicted molar refractivity (Wildman–Crippen MR) is 162 cm³/mol. The molecule has 14 atom stereocenters. The SMILES string of the molecule is CC(C=O)OC(CC=O)O[C@H]1[C@@H](O)C[C@H](O[C@H]2CC[C@@]3(C)[C@H](CC[C@@H]4[C@@H]3CC[C@]3(C)[C@@H](C5=CC(=O)OC5)CC[C@]43O)C2)O[C@@H]1C. The predicted octanol–water partition coefficient (Wildman–Crippen LogP) is 4.03. The van der Waals surface area contributed by atoms with Crippen LogP contribution in [-0.2, 0) is 38.1 Å². The molecule has 0 aromatic carbocycles. The number of cyclic esters (lactones) is 1. The molecule has 45 heavy (non-hydrogen) atoms. The Labute approximate surface area is 266 Å². The van der Waals surface area contributed by atoms with Gasteiger partial charge in [0, 0.05) is 17.9 Å². The molecule has 2 aliphatic heterocycles. The molecule has 6 aliphatic rings. The molecule has 10 nitrogen and oxygen atoms in total. The minimum absolute atomic E-state index is 0.0284. The zero-order valence-electron chi connectivity index (χ0n) is 27.2. The van der Waals surface area contributed by atoms with E-state index in [1.54, 1.807) is 13.0 Å². The summed E-state index contributed by atoms with van der Waals surface area (Å²) in [6.45, 7) is 8.47. The van der Waals surface area contributed by atoms with Gasteiger partial charge in [-0.2, -0.15) is 0 Å². The Morgan fingerprint density at radius 3 is 2.56 bits per heavy atom. The summed E-state index contributed by atoms with van der Waals surface area (Å²) in [6.07, 6.45) is 7.58. The van der Waals surface area contributed by atoms with E-state index in [4.69, 9.17) is 23.7 Å². The second-order valence-electron chi connectivity index (χ2n) is 15.3. The van der Waals surface area contributed by atoms with E-state index in [1.807, 2.05) is 6.92 Å². The normalized spacial score (nSPS) is 47.5. The zero-order chi connectivity index (χ0) is 32.1. The lowest BCUT2D eigenvalue weighted by Gasteiger charge is -2.64. The van der Waals surface area contributed by atoms with Gasteiger partial charge in [0.1, 0.15) is 31.4 Å². The number of carbonyl (C=O) groups is 3. The maximum atomic E-state index is 12.5. The van der Waals surface area contributed by atoms with Crippen LogP contribution in [-0.4, -0.2) is 84.1 Å². The first-order valence-electron chi connectivity index (χ1n) is 17.2. The molecule has 4 saturated carbocycles. The van der Waals surface area contributed by atoms with Crippen LogP contribution in [0.1, 0.15) is 98.3 Å². The van der Waals surface area contributed by atoms with Crippen LogP contribution >= 0.6 is 0 Å². The van der Waals surface area contributed by atoms with Crippen LogP contribution in [0.25, 0.3) is 0 Å². The lowest BCUT2D eigenvalue weighted by molar-refractivity contribution is -0.300. The lowest BCUT2D eigenvalue weighted by Crippen LogP contribution is -2.62. The van der Waals surface area contributed by atoms with Gasteiger partial charge in [0.05, 0.1) is 30.3 Å². The van der Waals surface area contributed by atoms with Crippen LogP contribution in [0.15, 0.2) is 11.6 Å². The van der Waals surface area contributed by atoms with Gasteiger partial charge in [-0.25, -0.2) is 4.79 Å². The van der Waals surface area contributed by atoms with Crippen LogP contribution in [0.3, 0.4) is 0 Å². The Bertz CT molecular complexity index is 1150. The quantitative estimate of drug-likeness (QED) is 0.157. The number of rotatable bonds is 10. The molecule has 0 bridgehead atoms. The van der Waals surface area contributed by atoms with Crippen molar-refractivity contribution < 1.29 is 48.3 Å². The van der Waals surface area contributed by atoms with E-state index < -0.39 is 42.6 Å². The number of aliphatic hydroxyl groups excluding tert-OH is 1. The smallest absolute Gasteiger partial charge is 0.331 e. The van der Waals surface area contributed by atoms with Crippen molar-refractivity contribution in [2.24, 2.45) is 34.5 Å². The molecule has 252 valence electrons. The molecule has 6 rings (SSSR count). The topological polar surface area (TPSA) is 138 Å². The molecule has 0 aromatic rings. The van der Waals surface area contributed by atoms with E-state index in [0.29, 0.717) is 31.0 Å². The summed E-state index contributed by atoms with van der Waals surface area (Å²) in [4.78, 5) is 34.0. The molecule has 4 aliphatic carbocycles. The largest absolute Gasteiger partial charge is 0.458 e. The number of hydrogen-bond acceptors (Lipinski definition) is 10. The molecule has 0 amide bonds. The fraction of sp³-hybridized carbons (Fsp3) is 0.857. The fourth-order valence-corrected chi connectivity index (χ4v) is 10.7. The third-order valence-corrected chi connectivity index (χ3v) is 13.1. The molecular weight excluding hydrogens is 580 g/mol. The van der Waals surface area contributed by atoms with Crippen molar-refractivity contribution in [1.82, 2.24) is 0 Å². The third kappa shape index (κ3) is 5.86. The highest BCUT2D eigenvalue weighted by molar-refractivity contribution is 5.85. The number of fused-ring (bicyclic) bond motifs is 5. The standard InChI is InChI=1S/C35H52O10/c1-20(18-37)42-30(10-14-36)45-32-21(2)43-31(17-28(32)38)44-24-7-11-33(3)23(16-24)5-6-27-26(33)8-12-34(4)25(9-13-35(27,34)40)22-15-29(39)41-19-22/h14-15,18,20-21,23-28,30-32,38,40H,5-13,16-17,19H2,1-4H3/t20?,21-,23-,24+,25-,26+,27-,28+,30?,31+,32-,33+,34-,35+/m1/s1. The second kappa shape index (κ2) is 12.7. The summed E-state index contributed by atoms with van der Waals surface area (Å²) in [6, 6.07) is 0.